The van der Waals surface area contributed by atoms with E-state index in [0.29, 0.717) is 11.7 Å². The normalized spacial score (nSPS) is 23.7. The third-order valence-electron chi connectivity index (χ3n) is 4.54. The summed E-state index contributed by atoms with van der Waals surface area (Å²) in [4.78, 5) is 20.3. The number of rotatable bonds is 4. The van der Waals surface area contributed by atoms with Crippen LogP contribution in [0.25, 0.3) is 0 Å². The lowest BCUT2D eigenvalue weighted by Crippen LogP contribution is -2.31. The third kappa shape index (κ3) is 4.28. The second kappa shape index (κ2) is 7.11. The Labute approximate surface area is 147 Å². The fraction of sp³-hybridized carbons (Fsp3) is 0.765. The molecule has 0 radical (unpaired) electrons. The first kappa shape index (κ1) is 17.2. The molecule has 3 rings (SSSR count). The average Bonchev–Trinajstić information content (AvgIpc) is 3.12. The number of hydrogen-bond acceptors (Lipinski definition) is 5. The van der Waals surface area contributed by atoms with Crippen LogP contribution in [0, 0.1) is 5.41 Å². The van der Waals surface area contributed by atoms with Crippen molar-refractivity contribution in [3.05, 3.63) is 16.1 Å². The number of nitrogens with zero attached hydrogens (tertiary/aromatic N) is 2. The van der Waals surface area contributed by atoms with E-state index in [9.17, 15) is 4.79 Å². The highest BCUT2D eigenvalue weighted by Crippen LogP contribution is 2.43. The van der Waals surface area contributed by atoms with Crippen LogP contribution in [0.2, 0.25) is 0 Å². The van der Waals surface area contributed by atoms with Gasteiger partial charge >= 0.3 is 0 Å². The number of hydrogen-bond donors (Lipinski definition) is 1. The second-order valence-corrected chi connectivity index (χ2v) is 9.85. The summed E-state index contributed by atoms with van der Waals surface area (Å²) in [5.41, 5.74) is 0.256. The Morgan fingerprint density at radius 2 is 2.09 bits per heavy atom. The summed E-state index contributed by atoms with van der Waals surface area (Å²) in [7, 11) is 0. The van der Waals surface area contributed by atoms with Crippen molar-refractivity contribution in [3.8, 4) is 0 Å². The molecule has 1 N–H and O–H groups in total. The number of piperidine rings is 1. The zero-order valence-corrected chi connectivity index (χ0v) is 15.9. The van der Waals surface area contributed by atoms with Crippen molar-refractivity contribution in [2.45, 2.75) is 51.3 Å². The zero-order valence-electron chi connectivity index (χ0n) is 14.3. The number of thioether (sulfide) groups is 1. The Morgan fingerprint density at radius 1 is 1.35 bits per heavy atom. The fourth-order valence-electron chi connectivity index (χ4n) is 3.06. The van der Waals surface area contributed by atoms with Gasteiger partial charge in [0.1, 0.15) is 5.37 Å². The molecule has 1 aromatic heterocycles. The van der Waals surface area contributed by atoms with Crippen molar-refractivity contribution in [2.24, 2.45) is 5.41 Å². The molecule has 0 spiro atoms. The lowest BCUT2D eigenvalue weighted by atomic mass is 9.92. The molecule has 0 bridgehead atoms. The molecule has 0 saturated carbocycles. The van der Waals surface area contributed by atoms with Gasteiger partial charge in [-0.2, -0.15) is 0 Å². The summed E-state index contributed by atoms with van der Waals surface area (Å²) in [5.74, 6) is 1.48. The van der Waals surface area contributed by atoms with Crippen LogP contribution in [0.3, 0.4) is 0 Å². The first-order valence-electron chi connectivity index (χ1n) is 8.51. The minimum atomic E-state index is 0.179. The average molecular weight is 354 g/mol. The summed E-state index contributed by atoms with van der Waals surface area (Å²) >= 11 is 3.58. The molecule has 2 fully saturated rings. The number of amides is 1. The van der Waals surface area contributed by atoms with Gasteiger partial charge in [-0.15, -0.1) is 23.1 Å². The molecule has 1 unspecified atom stereocenters. The van der Waals surface area contributed by atoms with E-state index >= 15 is 0 Å². The van der Waals surface area contributed by atoms with Crippen LogP contribution < -0.4 is 5.32 Å². The van der Waals surface area contributed by atoms with Crippen molar-refractivity contribution in [1.29, 1.82) is 0 Å². The van der Waals surface area contributed by atoms with E-state index in [1.54, 1.807) is 11.8 Å². The monoisotopic (exact) mass is 353 g/mol. The van der Waals surface area contributed by atoms with Crippen LogP contribution in [0.4, 0.5) is 0 Å². The van der Waals surface area contributed by atoms with Gasteiger partial charge in [0.15, 0.2) is 0 Å². The molecule has 23 heavy (non-hydrogen) atoms. The van der Waals surface area contributed by atoms with Crippen molar-refractivity contribution in [2.75, 3.05) is 25.4 Å². The molecule has 0 aromatic carbocycles. The molecule has 1 aromatic rings. The quantitative estimate of drug-likeness (QED) is 0.898. The second-order valence-electron chi connectivity index (χ2n) is 7.69. The van der Waals surface area contributed by atoms with Gasteiger partial charge in [0.2, 0.25) is 5.91 Å². The van der Waals surface area contributed by atoms with E-state index in [0.717, 1.165) is 26.1 Å². The molecule has 1 atom stereocenters. The maximum absolute atomic E-state index is 12.3. The standard InChI is InChI=1S/C17H27N3OS2/c1-17(2,3)6-9-20-14(21)11-22-16(20)13-10-19-15(23-13)12-4-7-18-8-5-12/h10,12,16,18H,4-9,11H2,1-3H3. The van der Waals surface area contributed by atoms with Crippen LogP contribution in [0.1, 0.15) is 61.2 Å². The van der Waals surface area contributed by atoms with Gasteiger partial charge in [-0.05, 0) is 37.8 Å². The highest BCUT2D eigenvalue weighted by Gasteiger charge is 2.35. The summed E-state index contributed by atoms with van der Waals surface area (Å²) in [6, 6.07) is 0. The highest BCUT2D eigenvalue weighted by molar-refractivity contribution is 8.00. The molecule has 2 aliphatic heterocycles. The van der Waals surface area contributed by atoms with Crippen molar-refractivity contribution in [1.82, 2.24) is 15.2 Å². The minimum absolute atomic E-state index is 0.179. The maximum Gasteiger partial charge on any atom is 0.233 e. The SMILES string of the molecule is CC(C)(C)CCN1C(=O)CSC1c1cnc(C2CCNCC2)s1. The van der Waals surface area contributed by atoms with E-state index in [1.807, 2.05) is 17.5 Å². The van der Waals surface area contributed by atoms with Crippen LogP contribution >= 0.6 is 23.1 Å². The van der Waals surface area contributed by atoms with Crippen molar-refractivity contribution >= 4 is 29.0 Å². The summed E-state index contributed by atoms with van der Waals surface area (Å²) in [5, 5.41) is 4.85. The van der Waals surface area contributed by atoms with Crippen LogP contribution in [-0.4, -0.2) is 41.2 Å². The van der Waals surface area contributed by atoms with Crippen molar-refractivity contribution < 1.29 is 4.79 Å². The number of nitrogens with one attached hydrogen (secondary N) is 1. The van der Waals surface area contributed by atoms with E-state index in [4.69, 9.17) is 4.98 Å². The van der Waals surface area contributed by atoms with Crippen LogP contribution in [0.5, 0.6) is 0 Å². The molecule has 2 saturated heterocycles. The van der Waals surface area contributed by atoms with Gasteiger partial charge in [0, 0.05) is 18.7 Å². The Morgan fingerprint density at radius 3 is 2.78 bits per heavy atom. The Hall–Kier alpha value is -0.590. The molecular weight excluding hydrogens is 326 g/mol. The first-order valence-corrected chi connectivity index (χ1v) is 10.4. The predicted molar refractivity (Wildman–Crippen MR) is 97.9 cm³/mol. The van der Waals surface area contributed by atoms with E-state index in [1.165, 1.54) is 22.7 Å². The van der Waals surface area contributed by atoms with Gasteiger partial charge in [-0.25, -0.2) is 4.98 Å². The molecule has 2 aliphatic rings. The van der Waals surface area contributed by atoms with Gasteiger partial charge in [0.25, 0.3) is 0 Å². The molecule has 1 amide bonds. The number of carbonyl (C=O) groups excluding carboxylic acids is 1. The third-order valence-corrected chi connectivity index (χ3v) is 7.14. The smallest absolute Gasteiger partial charge is 0.233 e. The van der Waals surface area contributed by atoms with E-state index in [2.05, 4.69) is 31.0 Å². The molecule has 6 heteroatoms. The highest BCUT2D eigenvalue weighted by atomic mass is 32.2. The summed E-state index contributed by atoms with van der Waals surface area (Å²) in [6.07, 6.45) is 5.41. The van der Waals surface area contributed by atoms with Crippen molar-refractivity contribution in [3.63, 3.8) is 0 Å². The Kier molecular flexibility index (Phi) is 5.33. The molecule has 0 aliphatic carbocycles. The maximum atomic E-state index is 12.3. The first-order chi connectivity index (χ1) is 10.9. The van der Waals surface area contributed by atoms with E-state index in [-0.39, 0.29) is 16.7 Å². The molecular formula is C17H27N3OS2. The van der Waals surface area contributed by atoms with E-state index < -0.39 is 0 Å². The van der Waals surface area contributed by atoms with Crippen LogP contribution in [-0.2, 0) is 4.79 Å². The molecule has 3 heterocycles. The predicted octanol–water partition coefficient (Wildman–Crippen LogP) is 3.62. The molecule has 4 nitrogen and oxygen atoms in total. The number of carbonyl (C=O) groups is 1. The zero-order chi connectivity index (χ0) is 16.4. The lowest BCUT2D eigenvalue weighted by Gasteiger charge is -2.27. The van der Waals surface area contributed by atoms with Gasteiger partial charge < -0.3 is 10.2 Å². The number of thiazole rings is 1. The number of aromatic nitrogens is 1. The lowest BCUT2D eigenvalue weighted by molar-refractivity contribution is -0.128. The summed E-state index contributed by atoms with van der Waals surface area (Å²) < 4.78 is 0. The minimum Gasteiger partial charge on any atom is -0.325 e. The topological polar surface area (TPSA) is 45.2 Å². The Balaban J connectivity index is 1.69. The molecule has 128 valence electrons. The van der Waals surface area contributed by atoms with Gasteiger partial charge in [-0.1, -0.05) is 20.8 Å². The summed E-state index contributed by atoms with van der Waals surface area (Å²) in [6.45, 7) is 9.73. The largest absolute Gasteiger partial charge is 0.325 e. The fourth-order valence-corrected chi connectivity index (χ4v) is 5.59. The Bertz CT molecular complexity index is 546. The van der Waals surface area contributed by atoms with Crippen LogP contribution in [0.15, 0.2) is 6.20 Å². The van der Waals surface area contributed by atoms with Gasteiger partial charge in [-0.3, -0.25) is 4.79 Å². The van der Waals surface area contributed by atoms with Gasteiger partial charge in [0.05, 0.1) is 15.6 Å².